The molecule has 0 spiro atoms. The number of hydrogen-bond donors (Lipinski definition) is 2. The van der Waals surface area contributed by atoms with Gasteiger partial charge in [-0.1, -0.05) is 17.7 Å². The summed E-state index contributed by atoms with van der Waals surface area (Å²) >= 11 is 6.07. The Morgan fingerprint density at radius 1 is 1.30 bits per heavy atom. The van der Waals surface area contributed by atoms with Crippen LogP contribution in [0.3, 0.4) is 0 Å². The minimum absolute atomic E-state index is 0.303. The van der Waals surface area contributed by atoms with E-state index in [0.717, 1.165) is 4.90 Å². The zero-order valence-corrected chi connectivity index (χ0v) is 15.6. The van der Waals surface area contributed by atoms with Gasteiger partial charge in [0.25, 0.3) is 5.56 Å². The summed E-state index contributed by atoms with van der Waals surface area (Å²) in [6.45, 7) is 0.674. The molecule has 1 heterocycles. The minimum Gasteiger partial charge on any atom is -0.465 e. The van der Waals surface area contributed by atoms with Crippen LogP contribution in [0.25, 0.3) is 10.9 Å². The molecule has 0 saturated carbocycles. The maximum atomic E-state index is 14.0. The zero-order chi connectivity index (χ0) is 19.6. The third-order valence-corrected chi connectivity index (χ3v) is 4.54. The van der Waals surface area contributed by atoms with E-state index in [4.69, 9.17) is 16.3 Å². The van der Waals surface area contributed by atoms with Gasteiger partial charge in [-0.3, -0.25) is 4.79 Å². The average molecular weight is 391 g/mol. The molecule has 3 aromatic rings. The number of rotatable bonds is 5. The van der Waals surface area contributed by atoms with Crippen molar-refractivity contribution in [3.8, 4) is 0 Å². The molecule has 1 atom stereocenters. The van der Waals surface area contributed by atoms with E-state index < -0.39 is 5.97 Å². The number of ether oxygens (including phenoxy) is 1. The number of esters is 1. The third kappa shape index (κ3) is 4.15. The highest BCUT2D eigenvalue weighted by Gasteiger charge is 2.15. The lowest BCUT2D eigenvalue weighted by molar-refractivity contribution is -0.908. The van der Waals surface area contributed by atoms with Crippen LogP contribution in [0.1, 0.15) is 21.7 Å². The number of benzene rings is 2. The Hall–Kier alpha value is -2.77. The summed E-state index contributed by atoms with van der Waals surface area (Å²) in [5, 5.41) is 0.734. The van der Waals surface area contributed by atoms with Crippen LogP contribution >= 0.6 is 11.6 Å². The molecule has 1 aromatic heterocycles. The van der Waals surface area contributed by atoms with Gasteiger partial charge in [0.15, 0.2) is 5.82 Å². The number of aromatic nitrogens is 2. The first-order chi connectivity index (χ1) is 12.9. The highest BCUT2D eigenvalue weighted by Crippen LogP contribution is 2.17. The van der Waals surface area contributed by atoms with Crippen molar-refractivity contribution in [1.82, 2.24) is 9.97 Å². The summed E-state index contributed by atoms with van der Waals surface area (Å²) in [4.78, 5) is 32.0. The summed E-state index contributed by atoms with van der Waals surface area (Å²) in [6.07, 6.45) is 0. The number of carbonyl (C=O) groups is 1. The summed E-state index contributed by atoms with van der Waals surface area (Å²) in [5.41, 5.74) is 0.817. The Morgan fingerprint density at radius 2 is 2.07 bits per heavy atom. The van der Waals surface area contributed by atoms with Crippen LogP contribution in [-0.2, 0) is 17.8 Å². The molecule has 0 fully saturated rings. The van der Waals surface area contributed by atoms with Crippen molar-refractivity contribution in [3.05, 3.63) is 74.5 Å². The fraction of sp³-hybridized carbons (Fsp3) is 0.211. The molecule has 27 heavy (non-hydrogen) atoms. The largest absolute Gasteiger partial charge is 0.465 e. The van der Waals surface area contributed by atoms with Gasteiger partial charge in [-0.2, -0.15) is 0 Å². The quantitative estimate of drug-likeness (QED) is 0.650. The predicted molar refractivity (Wildman–Crippen MR) is 99.4 cm³/mol. The number of fused-ring (bicyclic) bond motifs is 1. The molecular weight excluding hydrogens is 373 g/mol. The monoisotopic (exact) mass is 390 g/mol. The van der Waals surface area contributed by atoms with Crippen LogP contribution in [0.4, 0.5) is 4.39 Å². The molecular formula is C19H18ClFN3O3+. The van der Waals surface area contributed by atoms with Crippen molar-refractivity contribution in [2.24, 2.45) is 0 Å². The summed E-state index contributed by atoms with van der Waals surface area (Å²) < 4.78 is 18.7. The van der Waals surface area contributed by atoms with Crippen LogP contribution in [0, 0.1) is 5.82 Å². The number of halogens is 2. The standard InChI is InChI=1S/C19H17ClFN3O3/c1-24(9-13-14(20)4-3-5-15(13)21)10-17-22-16-8-11(19(26)27-2)6-7-12(16)18(25)23-17/h3-8H,9-10H2,1-2H3,(H,22,23,25)/p+1. The van der Waals surface area contributed by atoms with Crippen LogP contribution in [0.2, 0.25) is 5.02 Å². The third-order valence-electron chi connectivity index (χ3n) is 4.19. The Kier molecular flexibility index (Phi) is 5.53. The van der Waals surface area contributed by atoms with Gasteiger partial charge in [-0.25, -0.2) is 14.2 Å². The molecule has 3 rings (SSSR count). The first kappa shape index (κ1) is 19.0. The first-order valence-corrected chi connectivity index (χ1v) is 8.62. The summed E-state index contributed by atoms with van der Waals surface area (Å²) in [5.74, 6) is -0.443. The number of carbonyl (C=O) groups excluding carboxylic acids is 1. The first-order valence-electron chi connectivity index (χ1n) is 8.24. The van der Waals surface area contributed by atoms with E-state index in [1.165, 1.54) is 31.4 Å². The Labute approximate surface area is 159 Å². The molecule has 6 nitrogen and oxygen atoms in total. The maximum Gasteiger partial charge on any atom is 0.337 e. The van der Waals surface area contributed by atoms with Crippen molar-refractivity contribution in [1.29, 1.82) is 0 Å². The number of H-pyrrole nitrogens is 1. The Morgan fingerprint density at radius 3 is 2.78 bits per heavy atom. The SMILES string of the molecule is COC(=O)c1ccc2c(=O)[nH]c(C[NH+](C)Cc3c(F)cccc3Cl)nc2c1. The highest BCUT2D eigenvalue weighted by atomic mass is 35.5. The Balaban J connectivity index is 1.88. The number of nitrogens with one attached hydrogen (secondary N) is 2. The lowest BCUT2D eigenvalue weighted by Crippen LogP contribution is -3.06. The van der Waals surface area contributed by atoms with Gasteiger partial charge in [0.2, 0.25) is 0 Å². The van der Waals surface area contributed by atoms with E-state index >= 15 is 0 Å². The van der Waals surface area contributed by atoms with E-state index in [2.05, 4.69) is 9.97 Å². The zero-order valence-electron chi connectivity index (χ0n) is 14.8. The number of nitrogens with zero attached hydrogens (tertiary/aromatic N) is 1. The fourth-order valence-electron chi connectivity index (χ4n) is 2.87. The molecule has 0 radical (unpaired) electrons. The van der Waals surface area contributed by atoms with Gasteiger partial charge >= 0.3 is 5.97 Å². The second-order valence-corrected chi connectivity index (χ2v) is 6.65. The second-order valence-electron chi connectivity index (χ2n) is 6.25. The van der Waals surface area contributed by atoms with E-state index in [9.17, 15) is 14.0 Å². The second kappa shape index (κ2) is 7.85. The molecule has 1 unspecified atom stereocenters. The highest BCUT2D eigenvalue weighted by molar-refractivity contribution is 6.31. The molecule has 8 heteroatoms. The summed E-state index contributed by atoms with van der Waals surface area (Å²) in [7, 11) is 3.13. The lowest BCUT2D eigenvalue weighted by Gasteiger charge is -2.15. The van der Waals surface area contributed by atoms with Crippen molar-refractivity contribution >= 4 is 28.5 Å². The van der Waals surface area contributed by atoms with Gasteiger partial charge in [0, 0.05) is 0 Å². The molecule has 0 aliphatic heterocycles. The molecule has 0 aliphatic carbocycles. The smallest absolute Gasteiger partial charge is 0.337 e. The van der Waals surface area contributed by atoms with Gasteiger partial charge in [0.05, 0.1) is 41.2 Å². The number of aromatic amines is 1. The van der Waals surface area contributed by atoms with Gasteiger partial charge < -0.3 is 14.6 Å². The van der Waals surface area contributed by atoms with E-state index in [1.54, 1.807) is 12.1 Å². The van der Waals surface area contributed by atoms with Crippen molar-refractivity contribution in [2.75, 3.05) is 14.2 Å². The number of quaternary nitrogens is 1. The molecule has 140 valence electrons. The summed E-state index contributed by atoms with van der Waals surface area (Å²) in [6, 6.07) is 9.12. The number of hydrogen-bond acceptors (Lipinski definition) is 4. The van der Waals surface area contributed by atoms with E-state index in [1.807, 2.05) is 7.05 Å². The van der Waals surface area contributed by atoms with Gasteiger partial charge in [0.1, 0.15) is 18.9 Å². The topological polar surface area (TPSA) is 76.5 Å². The van der Waals surface area contributed by atoms with Crippen LogP contribution in [-0.4, -0.2) is 30.1 Å². The van der Waals surface area contributed by atoms with Crippen molar-refractivity contribution in [2.45, 2.75) is 13.1 Å². The fourth-order valence-corrected chi connectivity index (χ4v) is 3.10. The van der Waals surface area contributed by atoms with Crippen molar-refractivity contribution < 1.29 is 18.8 Å². The molecule has 0 aliphatic rings. The number of methoxy groups -OCH3 is 1. The van der Waals surface area contributed by atoms with Crippen LogP contribution < -0.4 is 10.5 Å². The molecule has 0 saturated heterocycles. The average Bonchev–Trinajstić information content (AvgIpc) is 2.63. The Bertz CT molecular complexity index is 1050. The maximum absolute atomic E-state index is 14.0. The van der Waals surface area contributed by atoms with E-state index in [-0.39, 0.29) is 11.4 Å². The minimum atomic E-state index is -0.502. The molecule has 2 aromatic carbocycles. The normalized spacial score (nSPS) is 12.1. The lowest BCUT2D eigenvalue weighted by atomic mass is 10.1. The van der Waals surface area contributed by atoms with Crippen LogP contribution in [0.15, 0.2) is 41.2 Å². The van der Waals surface area contributed by atoms with E-state index in [0.29, 0.717) is 46.0 Å². The molecule has 0 bridgehead atoms. The van der Waals surface area contributed by atoms with Crippen molar-refractivity contribution in [3.63, 3.8) is 0 Å². The van der Waals surface area contributed by atoms with Gasteiger partial charge in [-0.05, 0) is 30.3 Å². The van der Waals surface area contributed by atoms with Gasteiger partial charge in [-0.15, -0.1) is 0 Å². The predicted octanol–water partition coefficient (Wildman–Crippen LogP) is 1.72. The molecule has 0 amide bonds. The molecule has 2 N–H and O–H groups in total. The van der Waals surface area contributed by atoms with Crippen LogP contribution in [0.5, 0.6) is 0 Å².